The standard InChI is InChI=1S/C14H20O4/c1-17-10-13(18-2)12-8-4-3-6-11(12)7-5-9-14(15)16/h3-4,6,8,13H,5,7,9-10H2,1-2H3,(H,15,16). The lowest BCUT2D eigenvalue weighted by molar-refractivity contribution is -0.137. The predicted octanol–water partition coefficient (Wildman–Crippen LogP) is 2.43. The molecule has 100 valence electrons. The maximum absolute atomic E-state index is 10.5. The van der Waals surface area contributed by atoms with Crippen LogP contribution in [0.3, 0.4) is 0 Å². The van der Waals surface area contributed by atoms with Crippen molar-refractivity contribution in [3.05, 3.63) is 35.4 Å². The summed E-state index contributed by atoms with van der Waals surface area (Å²) in [4.78, 5) is 10.5. The van der Waals surface area contributed by atoms with Crippen LogP contribution in [0.5, 0.6) is 0 Å². The second kappa shape index (κ2) is 7.84. The van der Waals surface area contributed by atoms with Gasteiger partial charge in [0.05, 0.1) is 6.61 Å². The molecule has 0 aliphatic heterocycles. The average Bonchev–Trinajstić information content (AvgIpc) is 2.36. The number of hydrogen-bond donors (Lipinski definition) is 1. The molecule has 0 bridgehead atoms. The molecule has 0 heterocycles. The summed E-state index contributed by atoms with van der Waals surface area (Å²) in [5, 5.41) is 8.66. The van der Waals surface area contributed by atoms with Crippen LogP contribution in [0.4, 0.5) is 0 Å². The number of carboxylic acids is 1. The van der Waals surface area contributed by atoms with Gasteiger partial charge in [-0.15, -0.1) is 0 Å². The van der Waals surface area contributed by atoms with Gasteiger partial charge in [0.15, 0.2) is 0 Å². The Morgan fingerprint density at radius 1 is 1.33 bits per heavy atom. The lowest BCUT2D eigenvalue weighted by Crippen LogP contribution is -2.11. The van der Waals surface area contributed by atoms with Crippen LogP contribution >= 0.6 is 0 Å². The van der Waals surface area contributed by atoms with E-state index in [0.717, 1.165) is 17.5 Å². The van der Waals surface area contributed by atoms with Crippen LogP contribution in [0.2, 0.25) is 0 Å². The largest absolute Gasteiger partial charge is 0.481 e. The molecule has 1 atom stereocenters. The molecule has 0 amide bonds. The molecule has 0 aliphatic rings. The zero-order valence-corrected chi connectivity index (χ0v) is 10.9. The number of aliphatic carboxylic acids is 1. The smallest absolute Gasteiger partial charge is 0.303 e. The summed E-state index contributed by atoms with van der Waals surface area (Å²) in [6.45, 7) is 0.493. The first-order chi connectivity index (χ1) is 8.69. The molecule has 1 unspecified atom stereocenters. The summed E-state index contributed by atoms with van der Waals surface area (Å²) in [5.74, 6) is -0.757. The lowest BCUT2D eigenvalue weighted by atomic mass is 9.98. The van der Waals surface area contributed by atoms with Gasteiger partial charge in [-0.25, -0.2) is 0 Å². The molecular weight excluding hydrogens is 232 g/mol. The van der Waals surface area contributed by atoms with Crippen LogP contribution in [0.1, 0.15) is 30.1 Å². The van der Waals surface area contributed by atoms with E-state index < -0.39 is 5.97 Å². The van der Waals surface area contributed by atoms with Crippen LogP contribution in [-0.4, -0.2) is 31.9 Å². The SMILES string of the molecule is COCC(OC)c1ccccc1CCCC(=O)O. The maximum atomic E-state index is 10.5. The Labute approximate surface area is 108 Å². The molecule has 1 rings (SSSR count). The zero-order chi connectivity index (χ0) is 13.4. The van der Waals surface area contributed by atoms with Crippen molar-refractivity contribution in [2.45, 2.75) is 25.4 Å². The first kappa shape index (κ1) is 14.7. The zero-order valence-electron chi connectivity index (χ0n) is 10.9. The number of methoxy groups -OCH3 is 2. The molecule has 1 N–H and O–H groups in total. The quantitative estimate of drug-likeness (QED) is 0.772. The van der Waals surface area contributed by atoms with Crippen LogP contribution < -0.4 is 0 Å². The Balaban J connectivity index is 2.74. The summed E-state index contributed by atoms with van der Waals surface area (Å²) < 4.78 is 10.5. The van der Waals surface area contributed by atoms with Gasteiger partial charge in [-0.3, -0.25) is 4.79 Å². The molecule has 0 radical (unpaired) electrons. The third-order valence-electron chi connectivity index (χ3n) is 2.84. The molecule has 18 heavy (non-hydrogen) atoms. The molecule has 1 aromatic rings. The van der Waals surface area contributed by atoms with Crippen molar-refractivity contribution in [1.82, 2.24) is 0 Å². The topological polar surface area (TPSA) is 55.8 Å². The number of aryl methyl sites for hydroxylation is 1. The highest BCUT2D eigenvalue weighted by Crippen LogP contribution is 2.22. The molecule has 0 spiro atoms. The van der Waals surface area contributed by atoms with Gasteiger partial charge < -0.3 is 14.6 Å². The van der Waals surface area contributed by atoms with Crippen molar-refractivity contribution in [2.75, 3.05) is 20.8 Å². The molecule has 4 nitrogen and oxygen atoms in total. The minimum absolute atomic E-state index is 0.101. The van der Waals surface area contributed by atoms with E-state index in [-0.39, 0.29) is 12.5 Å². The Morgan fingerprint density at radius 3 is 2.67 bits per heavy atom. The number of carbonyl (C=O) groups is 1. The fraction of sp³-hybridized carbons (Fsp3) is 0.500. The molecule has 0 aromatic heterocycles. The van der Waals surface area contributed by atoms with Gasteiger partial charge in [-0.2, -0.15) is 0 Å². The normalized spacial score (nSPS) is 12.3. The minimum Gasteiger partial charge on any atom is -0.481 e. The van der Waals surface area contributed by atoms with Crippen molar-refractivity contribution in [3.63, 3.8) is 0 Å². The number of ether oxygens (including phenoxy) is 2. The number of rotatable bonds is 8. The predicted molar refractivity (Wildman–Crippen MR) is 68.6 cm³/mol. The third-order valence-corrected chi connectivity index (χ3v) is 2.84. The first-order valence-electron chi connectivity index (χ1n) is 6.00. The summed E-state index contributed by atoms with van der Waals surface area (Å²) >= 11 is 0. The maximum Gasteiger partial charge on any atom is 0.303 e. The third kappa shape index (κ3) is 4.47. The Bertz CT molecular complexity index is 376. The second-order valence-electron chi connectivity index (χ2n) is 4.13. The van der Waals surface area contributed by atoms with E-state index in [4.69, 9.17) is 14.6 Å². The van der Waals surface area contributed by atoms with E-state index in [2.05, 4.69) is 0 Å². The summed E-state index contributed by atoms with van der Waals surface area (Å²) in [7, 11) is 3.29. The van der Waals surface area contributed by atoms with Gasteiger partial charge in [0, 0.05) is 20.6 Å². The highest BCUT2D eigenvalue weighted by Gasteiger charge is 2.14. The van der Waals surface area contributed by atoms with Gasteiger partial charge in [0.2, 0.25) is 0 Å². The molecule has 0 aliphatic carbocycles. The lowest BCUT2D eigenvalue weighted by Gasteiger charge is -2.18. The van der Waals surface area contributed by atoms with E-state index in [0.29, 0.717) is 13.0 Å². The van der Waals surface area contributed by atoms with Gasteiger partial charge in [-0.05, 0) is 24.0 Å². The number of carboxylic acid groups (broad SMARTS) is 1. The van der Waals surface area contributed by atoms with E-state index in [1.165, 1.54) is 0 Å². The van der Waals surface area contributed by atoms with Gasteiger partial charge in [-0.1, -0.05) is 24.3 Å². The van der Waals surface area contributed by atoms with E-state index in [1.807, 2.05) is 24.3 Å². The fourth-order valence-electron chi connectivity index (χ4n) is 1.94. The highest BCUT2D eigenvalue weighted by atomic mass is 16.5. The number of benzene rings is 1. The highest BCUT2D eigenvalue weighted by molar-refractivity contribution is 5.66. The van der Waals surface area contributed by atoms with Crippen molar-refractivity contribution >= 4 is 5.97 Å². The summed E-state index contributed by atoms with van der Waals surface area (Å²) in [5.41, 5.74) is 2.20. The van der Waals surface area contributed by atoms with E-state index >= 15 is 0 Å². The van der Waals surface area contributed by atoms with Crippen LogP contribution in [0, 0.1) is 0 Å². The van der Waals surface area contributed by atoms with Crippen molar-refractivity contribution < 1.29 is 19.4 Å². The van der Waals surface area contributed by atoms with Crippen molar-refractivity contribution in [2.24, 2.45) is 0 Å². The summed E-state index contributed by atoms with van der Waals surface area (Å²) in [6, 6.07) is 7.93. The molecule has 0 saturated heterocycles. The monoisotopic (exact) mass is 252 g/mol. The van der Waals surface area contributed by atoms with Crippen LogP contribution in [0.15, 0.2) is 24.3 Å². The number of hydrogen-bond acceptors (Lipinski definition) is 3. The van der Waals surface area contributed by atoms with Crippen LogP contribution in [-0.2, 0) is 20.7 Å². The molecule has 0 saturated carbocycles. The van der Waals surface area contributed by atoms with Crippen molar-refractivity contribution in [3.8, 4) is 0 Å². The second-order valence-corrected chi connectivity index (χ2v) is 4.13. The summed E-state index contributed by atoms with van der Waals surface area (Å²) in [6.07, 6.45) is 1.47. The van der Waals surface area contributed by atoms with Gasteiger partial charge >= 0.3 is 5.97 Å². The first-order valence-corrected chi connectivity index (χ1v) is 6.00. The Morgan fingerprint density at radius 2 is 2.06 bits per heavy atom. The fourth-order valence-corrected chi connectivity index (χ4v) is 1.94. The molecular formula is C14H20O4. The Hall–Kier alpha value is -1.39. The molecule has 0 fully saturated rings. The molecule has 1 aromatic carbocycles. The average molecular weight is 252 g/mol. The minimum atomic E-state index is -0.757. The Kier molecular flexibility index (Phi) is 6.39. The van der Waals surface area contributed by atoms with Crippen LogP contribution in [0.25, 0.3) is 0 Å². The van der Waals surface area contributed by atoms with Gasteiger partial charge in [0.25, 0.3) is 0 Å². The van der Waals surface area contributed by atoms with Gasteiger partial charge in [0.1, 0.15) is 6.10 Å². The molecule has 4 heteroatoms. The van der Waals surface area contributed by atoms with E-state index in [9.17, 15) is 4.79 Å². The van der Waals surface area contributed by atoms with Crippen molar-refractivity contribution in [1.29, 1.82) is 0 Å². The van der Waals surface area contributed by atoms with E-state index in [1.54, 1.807) is 14.2 Å².